The van der Waals surface area contributed by atoms with Crippen LogP contribution in [0.15, 0.2) is 53.5 Å². The molecule has 10 nitrogen and oxygen atoms in total. The van der Waals surface area contributed by atoms with Crippen LogP contribution in [0, 0.1) is 6.92 Å². The molecule has 2 aromatic carbocycles. The van der Waals surface area contributed by atoms with Crippen LogP contribution in [0.3, 0.4) is 0 Å². The third kappa shape index (κ3) is 7.62. The number of rotatable bonds is 10. The smallest absolute Gasteiger partial charge is 0.410 e. The number of carbonyl (C=O) groups excluding carboxylic acids is 2. The molecule has 2 aromatic heterocycles. The molecule has 0 unspecified atom stereocenters. The van der Waals surface area contributed by atoms with Gasteiger partial charge in [0.2, 0.25) is 6.10 Å². The molecule has 3 heterocycles. The number of hydrogen-bond donors (Lipinski definition) is 1. The highest BCUT2D eigenvalue weighted by Crippen LogP contribution is 2.33. The van der Waals surface area contributed by atoms with Crippen molar-refractivity contribution in [2.45, 2.75) is 44.9 Å². The number of nitrogens with one attached hydrogen (secondary N) is 1. The predicted octanol–water partition coefficient (Wildman–Crippen LogP) is 4.95. The number of aromatic amines is 1. The fourth-order valence-electron chi connectivity index (χ4n) is 5.64. The summed E-state index contributed by atoms with van der Waals surface area (Å²) in [5, 5.41) is 6.57. The number of para-hydroxylation sites is 1. The Morgan fingerprint density at radius 2 is 1.84 bits per heavy atom. The van der Waals surface area contributed by atoms with Crippen LogP contribution in [0.25, 0.3) is 21.8 Å². The lowest BCUT2D eigenvalue weighted by Crippen LogP contribution is -2.42. The minimum atomic E-state index is -1.09. The average molecular weight is 623 g/mol. The summed E-state index contributed by atoms with van der Waals surface area (Å²) in [5.74, 6) is 0.454. The summed E-state index contributed by atoms with van der Waals surface area (Å²) in [4.78, 5) is 43.2. The summed E-state index contributed by atoms with van der Waals surface area (Å²) in [6.07, 6.45) is 8.49. The zero-order chi connectivity index (χ0) is 31.4. The lowest BCUT2D eigenvalue weighted by Gasteiger charge is -2.32. The summed E-state index contributed by atoms with van der Waals surface area (Å²) < 4.78 is 18.3. The summed E-state index contributed by atoms with van der Waals surface area (Å²) in [6.45, 7) is 3.87. The van der Waals surface area contributed by atoms with Gasteiger partial charge < -0.3 is 24.1 Å². The number of carbonyl (C=O) groups is 2. The van der Waals surface area contributed by atoms with Crippen molar-refractivity contribution in [3.63, 3.8) is 0 Å². The molecule has 1 amide bonds. The van der Waals surface area contributed by atoms with Crippen LogP contribution in [-0.4, -0.2) is 89.2 Å². The molecule has 0 spiro atoms. The number of fused-ring (bicyclic) bond motifs is 2. The highest BCUT2D eigenvalue weighted by Gasteiger charge is 2.31. The SMILES string of the molecule is COC(=O)[C@@H](Cc1cc(C)c2nn(COCCS(C)(C)C)cc2c1)OC(=O)N1CCC(c2cc3ccccc3[nH]c2=O)CC1. The second kappa shape index (κ2) is 13.4. The van der Waals surface area contributed by atoms with Crippen LogP contribution >= 0.6 is 10.0 Å². The normalized spacial score (nSPS) is 15.4. The first kappa shape index (κ1) is 31.6. The van der Waals surface area contributed by atoms with Crippen LogP contribution in [0.4, 0.5) is 4.79 Å². The fraction of sp³-hybridized carbons (Fsp3) is 0.455. The molecule has 236 valence electrons. The highest BCUT2D eigenvalue weighted by molar-refractivity contribution is 8.32. The van der Waals surface area contributed by atoms with E-state index in [1.54, 1.807) is 9.58 Å². The summed E-state index contributed by atoms with van der Waals surface area (Å²) in [6, 6.07) is 13.6. The Balaban J connectivity index is 1.21. The maximum Gasteiger partial charge on any atom is 0.410 e. The number of aryl methyl sites for hydroxylation is 1. The molecule has 5 rings (SSSR count). The molecule has 1 fully saturated rings. The number of piperidine rings is 1. The Morgan fingerprint density at radius 1 is 1.09 bits per heavy atom. The van der Waals surface area contributed by atoms with Crippen molar-refractivity contribution in [1.29, 1.82) is 0 Å². The molecule has 0 bridgehead atoms. The van der Waals surface area contributed by atoms with E-state index in [2.05, 4.69) is 28.8 Å². The molecule has 1 aliphatic heterocycles. The average Bonchev–Trinajstić information content (AvgIpc) is 3.41. The number of pyridine rings is 1. The van der Waals surface area contributed by atoms with Crippen molar-refractivity contribution >= 4 is 43.9 Å². The number of aromatic nitrogens is 3. The molecule has 0 saturated carbocycles. The molecule has 4 aromatic rings. The molecule has 1 atom stereocenters. The maximum absolute atomic E-state index is 13.2. The van der Waals surface area contributed by atoms with Gasteiger partial charge in [0, 0.05) is 47.9 Å². The van der Waals surface area contributed by atoms with E-state index in [9.17, 15) is 14.4 Å². The van der Waals surface area contributed by atoms with Crippen molar-refractivity contribution in [3.8, 4) is 0 Å². The van der Waals surface area contributed by atoms with Crippen LogP contribution < -0.4 is 5.56 Å². The van der Waals surface area contributed by atoms with Gasteiger partial charge in [-0.1, -0.05) is 24.3 Å². The largest absolute Gasteiger partial charge is 0.466 e. The first-order valence-corrected chi connectivity index (χ1v) is 17.9. The highest BCUT2D eigenvalue weighted by atomic mass is 32.3. The number of amides is 1. The van der Waals surface area contributed by atoms with E-state index < -0.39 is 28.2 Å². The number of methoxy groups -OCH3 is 1. The predicted molar refractivity (Wildman–Crippen MR) is 175 cm³/mol. The van der Waals surface area contributed by atoms with Crippen LogP contribution in [0.1, 0.15) is 35.4 Å². The van der Waals surface area contributed by atoms with Gasteiger partial charge >= 0.3 is 12.1 Å². The molecule has 0 radical (unpaired) electrons. The van der Waals surface area contributed by atoms with Gasteiger partial charge in [0.25, 0.3) is 5.56 Å². The second-order valence-corrected chi connectivity index (χ2v) is 16.9. The topological polar surface area (TPSA) is 116 Å². The van der Waals surface area contributed by atoms with Gasteiger partial charge in [-0.15, -0.1) is 0 Å². The molecule has 0 aliphatic carbocycles. The first-order chi connectivity index (χ1) is 21.0. The Labute approximate surface area is 259 Å². The Kier molecular flexibility index (Phi) is 9.65. The van der Waals surface area contributed by atoms with E-state index in [1.165, 1.54) is 7.11 Å². The number of benzene rings is 2. The monoisotopic (exact) mass is 622 g/mol. The lowest BCUT2D eigenvalue weighted by molar-refractivity contribution is -0.151. The number of esters is 1. The molecule has 11 heteroatoms. The van der Waals surface area contributed by atoms with E-state index in [4.69, 9.17) is 14.2 Å². The third-order valence-electron chi connectivity index (χ3n) is 8.07. The van der Waals surface area contributed by atoms with Gasteiger partial charge in [-0.2, -0.15) is 5.10 Å². The Morgan fingerprint density at radius 3 is 2.57 bits per heavy atom. The maximum atomic E-state index is 13.2. The van der Waals surface area contributed by atoms with Gasteiger partial charge in [-0.25, -0.2) is 24.3 Å². The summed E-state index contributed by atoms with van der Waals surface area (Å²) in [7, 11) is 0.668. The van der Waals surface area contributed by atoms with Crippen molar-refractivity contribution in [2.75, 3.05) is 51.3 Å². The number of H-pyrrole nitrogens is 1. The molecule has 1 saturated heterocycles. The summed E-state index contributed by atoms with van der Waals surface area (Å²) >= 11 is 0. The van der Waals surface area contributed by atoms with E-state index in [0.29, 0.717) is 39.3 Å². The number of ether oxygens (including phenoxy) is 3. The van der Waals surface area contributed by atoms with Crippen molar-refractivity contribution < 1.29 is 23.8 Å². The number of hydrogen-bond acceptors (Lipinski definition) is 7. The number of nitrogens with zero attached hydrogens (tertiary/aromatic N) is 3. The van der Waals surface area contributed by atoms with E-state index >= 15 is 0 Å². The van der Waals surface area contributed by atoms with Gasteiger partial charge in [0.05, 0.1) is 19.2 Å². The number of likely N-dealkylation sites (tertiary alicyclic amines) is 1. The fourth-order valence-corrected chi connectivity index (χ4v) is 6.26. The molecule has 1 N–H and O–H groups in total. The summed E-state index contributed by atoms with van der Waals surface area (Å²) in [5.41, 5.74) is 4.09. The van der Waals surface area contributed by atoms with Crippen molar-refractivity contribution in [1.82, 2.24) is 19.7 Å². The van der Waals surface area contributed by atoms with Gasteiger partial charge in [-0.3, -0.25) is 4.79 Å². The second-order valence-electron chi connectivity index (χ2n) is 12.4. The molecular weight excluding hydrogens is 580 g/mol. The van der Waals surface area contributed by atoms with Crippen molar-refractivity contribution in [2.24, 2.45) is 0 Å². The van der Waals surface area contributed by atoms with Gasteiger partial charge in [0.1, 0.15) is 6.73 Å². The lowest BCUT2D eigenvalue weighted by atomic mass is 9.89. The minimum absolute atomic E-state index is 0.0319. The standard InChI is InChI=1S/C33H42N4O6S/c1-22-16-23(17-26-20-37(35-30(22)26)21-42-14-15-44(3,4)5)18-29(32(39)41-2)43-33(40)36-12-10-24(11-13-36)27-19-25-8-6-7-9-28(25)34-31(27)38/h6-9,16-17,19-20,24,29H,10-15,18,21H2,1-5H3,(H,34,38)/t29-/m1/s1. The minimum Gasteiger partial charge on any atom is -0.466 e. The van der Waals surface area contributed by atoms with Crippen molar-refractivity contribution in [3.05, 3.63) is 75.7 Å². The van der Waals surface area contributed by atoms with Crippen LogP contribution in [-0.2, 0) is 32.2 Å². The van der Waals surface area contributed by atoms with Gasteiger partial charge in [0.15, 0.2) is 0 Å². The molecule has 1 aliphatic rings. The van der Waals surface area contributed by atoms with E-state index in [0.717, 1.165) is 44.2 Å². The first-order valence-electron chi connectivity index (χ1n) is 14.9. The third-order valence-corrected chi connectivity index (χ3v) is 9.46. The molecular formula is C33H42N4O6S. The van der Waals surface area contributed by atoms with Crippen LogP contribution in [0.2, 0.25) is 0 Å². The zero-order valence-corrected chi connectivity index (χ0v) is 26.9. The Bertz CT molecular complexity index is 1700. The molecule has 44 heavy (non-hydrogen) atoms. The zero-order valence-electron chi connectivity index (χ0n) is 26.1. The van der Waals surface area contributed by atoms with E-state index in [-0.39, 0.29) is 17.9 Å². The van der Waals surface area contributed by atoms with Crippen LogP contribution in [0.5, 0.6) is 0 Å². The van der Waals surface area contributed by atoms with Gasteiger partial charge in [-0.05, 0) is 79.2 Å². The van der Waals surface area contributed by atoms with E-state index in [1.807, 2.05) is 55.6 Å². The Hall–Kier alpha value is -3.83. The quantitative estimate of drug-likeness (QED) is 0.197.